The second kappa shape index (κ2) is 5.35. The molecule has 0 spiro atoms. The third-order valence-electron chi connectivity index (χ3n) is 2.47. The Hall–Kier alpha value is -1.96. The largest absolute Gasteiger partial charge is 0.417 e. The average Bonchev–Trinajstić information content (AvgIpc) is 2.83. The minimum atomic E-state index is -4.39. The molecule has 0 radical (unpaired) electrons. The van der Waals surface area contributed by atoms with Gasteiger partial charge in [0.2, 0.25) is 0 Å². The number of alkyl halides is 3. The number of hydrogen-bond donors (Lipinski definition) is 0. The molecule has 2 rings (SSSR count). The van der Waals surface area contributed by atoms with Crippen LogP contribution in [0.1, 0.15) is 5.56 Å². The van der Waals surface area contributed by atoms with E-state index in [-0.39, 0.29) is 0 Å². The van der Waals surface area contributed by atoms with Crippen LogP contribution in [0.4, 0.5) is 13.2 Å². The summed E-state index contributed by atoms with van der Waals surface area (Å²) in [6.45, 7) is 0.952. The van der Waals surface area contributed by atoms with Crippen LogP contribution in [0.3, 0.4) is 0 Å². The van der Waals surface area contributed by atoms with Crippen LogP contribution in [0.25, 0.3) is 11.5 Å². The molecule has 0 saturated carbocycles. The van der Waals surface area contributed by atoms with Gasteiger partial charge in [0.25, 0.3) is 0 Å². The SMILES string of the molecule is COCCn1cnnc1-c1ccc(C(F)(F)F)cn1. The molecule has 2 aromatic heterocycles. The van der Waals surface area contributed by atoms with Crippen molar-refractivity contribution in [3.8, 4) is 11.5 Å². The fraction of sp³-hybridized carbons (Fsp3) is 0.364. The van der Waals surface area contributed by atoms with Crippen molar-refractivity contribution < 1.29 is 17.9 Å². The summed E-state index contributed by atoms with van der Waals surface area (Å²) < 4.78 is 43.8. The lowest BCUT2D eigenvalue weighted by molar-refractivity contribution is -0.137. The maximum absolute atomic E-state index is 12.4. The zero-order valence-corrected chi connectivity index (χ0v) is 10.1. The smallest absolute Gasteiger partial charge is 0.383 e. The van der Waals surface area contributed by atoms with E-state index in [1.807, 2.05) is 0 Å². The Morgan fingerprint density at radius 1 is 1.32 bits per heavy atom. The highest BCUT2D eigenvalue weighted by molar-refractivity contribution is 5.49. The van der Waals surface area contributed by atoms with E-state index in [0.717, 1.165) is 12.3 Å². The van der Waals surface area contributed by atoms with Crippen LogP contribution in [-0.4, -0.2) is 33.5 Å². The van der Waals surface area contributed by atoms with Crippen LogP contribution in [0.2, 0.25) is 0 Å². The quantitative estimate of drug-likeness (QED) is 0.854. The Morgan fingerprint density at radius 3 is 2.68 bits per heavy atom. The summed E-state index contributed by atoms with van der Waals surface area (Å²) in [6, 6.07) is 2.24. The minimum absolute atomic E-state index is 0.335. The molecule has 0 bridgehead atoms. The second-order valence-corrected chi connectivity index (χ2v) is 3.77. The van der Waals surface area contributed by atoms with Crippen LogP contribution in [0, 0.1) is 0 Å². The third-order valence-corrected chi connectivity index (χ3v) is 2.47. The highest BCUT2D eigenvalue weighted by atomic mass is 19.4. The Morgan fingerprint density at radius 2 is 2.11 bits per heavy atom. The highest BCUT2D eigenvalue weighted by Gasteiger charge is 2.30. The number of ether oxygens (including phenoxy) is 1. The molecule has 0 atom stereocenters. The summed E-state index contributed by atoms with van der Waals surface area (Å²) in [5.41, 5.74) is -0.458. The van der Waals surface area contributed by atoms with E-state index >= 15 is 0 Å². The molecule has 2 heterocycles. The standard InChI is InChI=1S/C11H11F3N4O/c1-19-5-4-18-7-16-17-10(18)9-3-2-8(6-15-9)11(12,13)14/h2-3,6-7H,4-5H2,1H3. The normalized spacial score (nSPS) is 11.8. The molecule has 5 nitrogen and oxygen atoms in total. The van der Waals surface area contributed by atoms with Crippen molar-refractivity contribution in [3.63, 3.8) is 0 Å². The predicted molar refractivity (Wildman–Crippen MR) is 60.1 cm³/mol. The molecular weight excluding hydrogens is 261 g/mol. The average molecular weight is 272 g/mol. The topological polar surface area (TPSA) is 52.8 Å². The van der Waals surface area contributed by atoms with Crippen molar-refractivity contribution in [3.05, 3.63) is 30.2 Å². The molecule has 0 fully saturated rings. The summed E-state index contributed by atoms with van der Waals surface area (Å²) in [5, 5.41) is 7.56. The number of rotatable bonds is 4. The van der Waals surface area contributed by atoms with Crippen molar-refractivity contribution in [1.82, 2.24) is 19.7 Å². The summed E-state index contributed by atoms with van der Waals surface area (Å²) in [5.74, 6) is 0.408. The zero-order chi connectivity index (χ0) is 13.9. The van der Waals surface area contributed by atoms with E-state index in [0.29, 0.717) is 24.7 Å². The molecule has 0 saturated heterocycles. The van der Waals surface area contributed by atoms with E-state index in [4.69, 9.17) is 4.74 Å². The molecular formula is C11H11F3N4O. The highest BCUT2D eigenvalue weighted by Crippen LogP contribution is 2.29. The fourth-order valence-electron chi connectivity index (χ4n) is 1.50. The third kappa shape index (κ3) is 3.08. The van der Waals surface area contributed by atoms with E-state index in [1.54, 1.807) is 11.7 Å². The zero-order valence-electron chi connectivity index (χ0n) is 10.1. The van der Waals surface area contributed by atoms with Gasteiger partial charge in [-0.15, -0.1) is 10.2 Å². The van der Waals surface area contributed by atoms with Gasteiger partial charge >= 0.3 is 6.18 Å². The van der Waals surface area contributed by atoms with Crippen LogP contribution in [0.5, 0.6) is 0 Å². The van der Waals surface area contributed by atoms with E-state index in [9.17, 15) is 13.2 Å². The molecule has 8 heteroatoms. The van der Waals surface area contributed by atoms with Crippen molar-refractivity contribution in [2.24, 2.45) is 0 Å². The second-order valence-electron chi connectivity index (χ2n) is 3.77. The Bertz CT molecular complexity index is 536. The van der Waals surface area contributed by atoms with Crippen LogP contribution in [-0.2, 0) is 17.5 Å². The van der Waals surface area contributed by atoms with Gasteiger partial charge in [-0.1, -0.05) is 0 Å². The summed E-state index contributed by atoms with van der Waals surface area (Å²) in [4.78, 5) is 3.77. The minimum Gasteiger partial charge on any atom is -0.383 e. The Kier molecular flexibility index (Phi) is 3.79. The van der Waals surface area contributed by atoms with Gasteiger partial charge in [-0.25, -0.2) is 0 Å². The monoisotopic (exact) mass is 272 g/mol. The molecule has 19 heavy (non-hydrogen) atoms. The van der Waals surface area contributed by atoms with Crippen molar-refractivity contribution in [1.29, 1.82) is 0 Å². The number of pyridine rings is 1. The maximum Gasteiger partial charge on any atom is 0.417 e. The summed E-state index contributed by atoms with van der Waals surface area (Å²) in [7, 11) is 1.56. The lowest BCUT2D eigenvalue weighted by Gasteiger charge is -2.08. The lowest BCUT2D eigenvalue weighted by Crippen LogP contribution is -2.07. The number of nitrogens with zero attached hydrogens (tertiary/aromatic N) is 4. The molecule has 0 aromatic carbocycles. The summed E-state index contributed by atoms with van der Waals surface area (Å²) in [6.07, 6.45) is -2.13. The lowest BCUT2D eigenvalue weighted by atomic mass is 10.2. The van der Waals surface area contributed by atoms with E-state index < -0.39 is 11.7 Å². The molecule has 0 N–H and O–H groups in total. The van der Waals surface area contributed by atoms with E-state index in [2.05, 4.69) is 15.2 Å². The summed E-state index contributed by atoms with van der Waals surface area (Å²) >= 11 is 0. The Balaban J connectivity index is 2.25. The molecule has 2 aromatic rings. The van der Waals surface area contributed by atoms with Crippen LogP contribution >= 0.6 is 0 Å². The predicted octanol–water partition coefficient (Wildman–Crippen LogP) is 2.01. The fourth-order valence-corrected chi connectivity index (χ4v) is 1.50. The van der Waals surface area contributed by atoms with E-state index in [1.165, 1.54) is 12.4 Å². The van der Waals surface area contributed by atoms with Gasteiger partial charge in [0.05, 0.1) is 12.2 Å². The molecule has 0 aliphatic rings. The number of aromatic nitrogens is 4. The van der Waals surface area contributed by atoms with Crippen molar-refractivity contribution >= 4 is 0 Å². The maximum atomic E-state index is 12.4. The first-order valence-electron chi connectivity index (χ1n) is 5.42. The van der Waals surface area contributed by atoms with Crippen molar-refractivity contribution in [2.45, 2.75) is 12.7 Å². The molecule has 102 valence electrons. The first-order valence-corrected chi connectivity index (χ1v) is 5.42. The van der Waals surface area contributed by atoms with Gasteiger partial charge < -0.3 is 9.30 Å². The van der Waals surface area contributed by atoms with Crippen LogP contribution in [0.15, 0.2) is 24.7 Å². The van der Waals surface area contributed by atoms with Gasteiger partial charge in [-0.3, -0.25) is 4.98 Å². The molecule has 0 aliphatic carbocycles. The number of halogens is 3. The van der Waals surface area contributed by atoms with Gasteiger partial charge in [-0.05, 0) is 12.1 Å². The van der Waals surface area contributed by atoms with Gasteiger partial charge in [-0.2, -0.15) is 13.2 Å². The number of hydrogen-bond acceptors (Lipinski definition) is 4. The first-order chi connectivity index (χ1) is 9.02. The molecule has 0 aliphatic heterocycles. The first kappa shape index (κ1) is 13.5. The Labute approximate surface area is 107 Å². The number of methoxy groups -OCH3 is 1. The van der Waals surface area contributed by atoms with Gasteiger partial charge in [0.1, 0.15) is 12.0 Å². The van der Waals surface area contributed by atoms with Gasteiger partial charge in [0.15, 0.2) is 5.82 Å². The molecule has 0 amide bonds. The van der Waals surface area contributed by atoms with Gasteiger partial charge in [0, 0.05) is 19.9 Å². The van der Waals surface area contributed by atoms with Crippen molar-refractivity contribution in [2.75, 3.05) is 13.7 Å². The van der Waals surface area contributed by atoms with Crippen LogP contribution < -0.4 is 0 Å². The molecule has 0 unspecified atom stereocenters.